The predicted molar refractivity (Wildman–Crippen MR) is 122 cm³/mol. The second kappa shape index (κ2) is 9.13. The summed E-state index contributed by atoms with van der Waals surface area (Å²) in [5, 5.41) is 0. The molecule has 0 bridgehead atoms. The molecule has 4 N–H and O–H groups in total. The van der Waals surface area contributed by atoms with Crippen molar-refractivity contribution in [3.8, 4) is 11.5 Å². The molecule has 3 aromatic rings. The zero-order chi connectivity index (χ0) is 21.8. The topological polar surface area (TPSA) is 120 Å². The first kappa shape index (κ1) is 20.8. The summed E-state index contributed by atoms with van der Waals surface area (Å²) in [6, 6.07) is 4.12. The van der Waals surface area contributed by atoms with Gasteiger partial charge in [0.15, 0.2) is 5.82 Å². The molecule has 0 radical (unpaired) electrons. The molecule has 162 valence electrons. The first-order chi connectivity index (χ1) is 15.0. The molecular formula is C22H28N8O. The minimum atomic E-state index is -0.104. The van der Waals surface area contributed by atoms with E-state index < -0.39 is 0 Å². The van der Waals surface area contributed by atoms with Crippen LogP contribution in [0.25, 0.3) is 17.6 Å². The van der Waals surface area contributed by atoms with Gasteiger partial charge < -0.3 is 20.6 Å². The van der Waals surface area contributed by atoms with E-state index in [0.717, 1.165) is 49.1 Å². The van der Waals surface area contributed by atoms with Crippen LogP contribution in [0.15, 0.2) is 41.2 Å². The molecule has 0 spiro atoms. The van der Waals surface area contributed by atoms with Crippen molar-refractivity contribution in [3.05, 3.63) is 63.9 Å². The van der Waals surface area contributed by atoms with E-state index >= 15 is 0 Å². The van der Waals surface area contributed by atoms with Crippen LogP contribution in [0.3, 0.4) is 0 Å². The number of aromatic amines is 2. The number of pyridine rings is 1. The molecule has 0 amide bonds. The van der Waals surface area contributed by atoms with E-state index in [0.29, 0.717) is 30.1 Å². The number of anilines is 1. The van der Waals surface area contributed by atoms with Gasteiger partial charge in [0.25, 0.3) is 5.56 Å². The lowest BCUT2D eigenvalue weighted by Gasteiger charge is -2.36. The van der Waals surface area contributed by atoms with Gasteiger partial charge in [-0.3, -0.25) is 9.69 Å². The van der Waals surface area contributed by atoms with E-state index in [4.69, 9.17) is 10.7 Å². The Balaban J connectivity index is 1.35. The van der Waals surface area contributed by atoms with Crippen molar-refractivity contribution in [2.45, 2.75) is 20.3 Å². The average molecular weight is 421 g/mol. The molecule has 4 rings (SSSR count). The van der Waals surface area contributed by atoms with Crippen molar-refractivity contribution in [3.63, 3.8) is 0 Å². The van der Waals surface area contributed by atoms with Crippen LogP contribution in [0.5, 0.6) is 0 Å². The van der Waals surface area contributed by atoms with E-state index in [2.05, 4.69) is 35.8 Å². The monoisotopic (exact) mass is 420 g/mol. The number of rotatable bonds is 6. The first-order valence-corrected chi connectivity index (χ1v) is 10.5. The summed E-state index contributed by atoms with van der Waals surface area (Å²) in [6.45, 7) is 8.20. The van der Waals surface area contributed by atoms with Gasteiger partial charge in [0.1, 0.15) is 11.5 Å². The number of H-pyrrole nitrogens is 2. The highest BCUT2D eigenvalue weighted by Gasteiger charge is 2.19. The van der Waals surface area contributed by atoms with E-state index in [9.17, 15) is 4.79 Å². The average Bonchev–Trinajstić information content (AvgIpc) is 3.29. The molecule has 0 atom stereocenters. The third-order valence-corrected chi connectivity index (χ3v) is 5.51. The lowest BCUT2D eigenvalue weighted by Crippen LogP contribution is -2.47. The summed E-state index contributed by atoms with van der Waals surface area (Å²) >= 11 is 0. The molecular weight excluding hydrogens is 392 g/mol. The Hall–Kier alpha value is -3.46. The number of nitrogens with two attached hydrogens (primary N) is 1. The number of piperazine rings is 1. The maximum atomic E-state index is 11.9. The van der Waals surface area contributed by atoms with Crippen molar-refractivity contribution < 1.29 is 0 Å². The summed E-state index contributed by atoms with van der Waals surface area (Å²) in [7, 11) is 0. The molecule has 31 heavy (non-hydrogen) atoms. The fraction of sp³-hybridized carbons (Fsp3) is 0.364. The quantitative estimate of drug-likeness (QED) is 0.553. The van der Waals surface area contributed by atoms with Gasteiger partial charge in [0, 0.05) is 68.7 Å². The Morgan fingerprint density at radius 1 is 1.23 bits per heavy atom. The number of nitrogens with one attached hydrogen (secondary N) is 2. The fourth-order valence-electron chi connectivity index (χ4n) is 3.81. The van der Waals surface area contributed by atoms with Crippen LogP contribution >= 0.6 is 0 Å². The van der Waals surface area contributed by atoms with E-state index in [-0.39, 0.29) is 5.56 Å². The van der Waals surface area contributed by atoms with Gasteiger partial charge in [-0.05, 0) is 25.5 Å². The van der Waals surface area contributed by atoms with Crippen LogP contribution in [-0.2, 0) is 6.42 Å². The van der Waals surface area contributed by atoms with Crippen molar-refractivity contribution >= 4 is 11.8 Å². The lowest BCUT2D eigenvalue weighted by molar-refractivity contribution is 0.278. The number of aryl methyl sites for hydroxylation is 2. The van der Waals surface area contributed by atoms with Gasteiger partial charge in [-0.15, -0.1) is 0 Å². The van der Waals surface area contributed by atoms with Crippen LogP contribution in [0.1, 0.15) is 24.0 Å². The molecule has 3 aromatic heterocycles. The standard InChI is InChI=1S/C22H28N8O/c1-3-16-13-26-20(28-22(16)31)12-17(23)14-29-8-10-30(11-9-29)19-5-4-18(27-15(19)2)21-24-6-7-25-21/h4-7,12-13H,3,8-11,14,23H2,1-2H3,(H,24,25)(H,26,28,31)/b17-12-. The van der Waals surface area contributed by atoms with Crippen molar-refractivity contribution in [2.24, 2.45) is 5.73 Å². The highest BCUT2D eigenvalue weighted by Crippen LogP contribution is 2.23. The molecule has 1 aliphatic rings. The molecule has 0 aliphatic carbocycles. The third-order valence-electron chi connectivity index (χ3n) is 5.51. The van der Waals surface area contributed by atoms with Crippen LogP contribution in [0.2, 0.25) is 0 Å². The minimum absolute atomic E-state index is 0.104. The van der Waals surface area contributed by atoms with Crippen molar-refractivity contribution in [1.82, 2.24) is 29.8 Å². The Bertz CT molecular complexity index is 1110. The Morgan fingerprint density at radius 2 is 2.03 bits per heavy atom. The van der Waals surface area contributed by atoms with E-state index in [1.54, 1.807) is 24.7 Å². The van der Waals surface area contributed by atoms with Gasteiger partial charge in [0.05, 0.1) is 11.4 Å². The second-order valence-corrected chi connectivity index (χ2v) is 7.70. The van der Waals surface area contributed by atoms with Gasteiger partial charge in [0.2, 0.25) is 0 Å². The van der Waals surface area contributed by atoms with E-state index in [1.165, 1.54) is 0 Å². The fourth-order valence-corrected chi connectivity index (χ4v) is 3.81. The van der Waals surface area contributed by atoms with E-state index in [1.807, 2.05) is 19.9 Å². The number of hydrogen-bond acceptors (Lipinski definition) is 7. The van der Waals surface area contributed by atoms with Crippen molar-refractivity contribution in [2.75, 3.05) is 37.6 Å². The van der Waals surface area contributed by atoms with Gasteiger partial charge in [-0.25, -0.2) is 15.0 Å². The molecule has 1 fully saturated rings. The van der Waals surface area contributed by atoms with Crippen LogP contribution in [0, 0.1) is 6.92 Å². The molecule has 0 unspecified atom stereocenters. The van der Waals surface area contributed by atoms with Crippen molar-refractivity contribution in [1.29, 1.82) is 0 Å². The Labute approximate surface area is 181 Å². The number of nitrogens with zero attached hydrogens (tertiary/aromatic N) is 5. The molecule has 1 saturated heterocycles. The second-order valence-electron chi connectivity index (χ2n) is 7.70. The number of hydrogen-bond donors (Lipinski definition) is 3. The smallest absolute Gasteiger partial charge is 0.254 e. The lowest BCUT2D eigenvalue weighted by atomic mass is 10.2. The highest BCUT2D eigenvalue weighted by molar-refractivity contribution is 5.58. The predicted octanol–water partition coefficient (Wildman–Crippen LogP) is 1.55. The maximum Gasteiger partial charge on any atom is 0.254 e. The molecule has 4 heterocycles. The number of imidazole rings is 1. The number of aromatic nitrogens is 5. The molecule has 0 aromatic carbocycles. The van der Waals surface area contributed by atoms with Gasteiger partial charge >= 0.3 is 0 Å². The first-order valence-electron chi connectivity index (χ1n) is 10.5. The summed E-state index contributed by atoms with van der Waals surface area (Å²) in [6.07, 6.45) is 7.55. The maximum absolute atomic E-state index is 11.9. The summed E-state index contributed by atoms with van der Waals surface area (Å²) in [5.74, 6) is 1.28. The molecule has 9 heteroatoms. The summed E-state index contributed by atoms with van der Waals surface area (Å²) < 4.78 is 0. The van der Waals surface area contributed by atoms with Crippen LogP contribution in [0.4, 0.5) is 5.69 Å². The SMILES string of the molecule is CCc1cnc(/C=C(\N)CN2CCN(c3ccc(-c4ncc[nH]4)nc3C)CC2)[nH]c1=O. The normalized spacial score (nSPS) is 15.4. The third kappa shape index (κ3) is 4.83. The zero-order valence-electron chi connectivity index (χ0n) is 17.9. The van der Waals surface area contributed by atoms with Gasteiger partial charge in [-0.1, -0.05) is 6.92 Å². The molecule has 0 saturated carbocycles. The summed E-state index contributed by atoms with van der Waals surface area (Å²) in [4.78, 5) is 35.7. The molecule has 1 aliphatic heterocycles. The summed E-state index contributed by atoms with van der Waals surface area (Å²) in [5.41, 5.74) is 10.5. The molecule has 9 nitrogen and oxygen atoms in total. The zero-order valence-corrected chi connectivity index (χ0v) is 17.9. The van der Waals surface area contributed by atoms with Crippen LogP contribution < -0.4 is 16.2 Å². The Morgan fingerprint density at radius 3 is 2.68 bits per heavy atom. The Kier molecular flexibility index (Phi) is 6.13. The van der Waals surface area contributed by atoms with Gasteiger partial charge in [-0.2, -0.15) is 0 Å². The minimum Gasteiger partial charge on any atom is -0.401 e. The van der Waals surface area contributed by atoms with Crippen LogP contribution in [-0.4, -0.2) is 62.5 Å². The highest BCUT2D eigenvalue weighted by atomic mass is 16.1. The largest absolute Gasteiger partial charge is 0.401 e.